The molecule has 0 aliphatic carbocycles. The molecule has 2 atom stereocenters. The molecule has 2 bridgehead atoms. The van der Waals surface area contributed by atoms with E-state index in [0.29, 0.717) is 18.2 Å². The molecule has 0 saturated carbocycles. The average Bonchev–Trinajstić information content (AvgIpc) is 2.77. The quantitative estimate of drug-likeness (QED) is 0.606. The van der Waals surface area contributed by atoms with Gasteiger partial charge in [-0.05, 0) is 18.0 Å². The highest BCUT2D eigenvalue weighted by molar-refractivity contribution is 7.92. The van der Waals surface area contributed by atoms with Crippen LogP contribution in [0.15, 0.2) is 6.20 Å². The molecule has 0 amide bonds. The summed E-state index contributed by atoms with van der Waals surface area (Å²) in [6.07, 6.45) is 2.33. The van der Waals surface area contributed by atoms with E-state index >= 15 is 0 Å². The summed E-state index contributed by atoms with van der Waals surface area (Å²) >= 11 is 11.6. The molecular formula is C10H11Cl2N3O2S. The lowest BCUT2D eigenvalue weighted by molar-refractivity contribution is 0.256. The Morgan fingerprint density at radius 3 is 2.78 bits per heavy atom. The summed E-state index contributed by atoms with van der Waals surface area (Å²) in [6, 6.07) is 0.103. The van der Waals surface area contributed by atoms with Gasteiger partial charge >= 0.3 is 0 Å². The van der Waals surface area contributed by atoms with E-state index in [-0.39, 0.29) is 22.3 Å². The highest BCUT2D eigenvalue weighted by Crippen LogP contribution is 2.34. The predicted molar refractivity (Wildman–Crippen MR) is 68.4 cm³/mol. The Kier molecular flexibility index (Phi) is 3.01. The molecule has 0 aromatic carbocycles. The molecule has 0 spiro atoms. The molecule has 98 valence electrons. The number of hydrogen-bond acceptors (Lipinski definition) is 5. The van der Waals surface area contributed by atoms with Gasteiger partial charge in [0.15, 0.2) is 9.84 Å². The summed E-state index contributed by atoms with van der Waals surface area (Å²) in [6.45, 7) is 1.15. The van der Waals surface area contributed by atoms with Crippen LogP contribution in [0.5, 0.6) is 0 Å². The van der Waals surface area contributed by atoms with E-state index in [1.54, 1.807) is 6.20 Å². The molecule has 2 aliphatic rings. The Labute approximate surface area is 115 Å². The lowest BCUT2D eigenvalue weighted by Crippen LogP contribution is -2.40. The Morgan fingerprint density at radius 2 is 2.22 bits per heavy atom. The second-order valence-electron chi connectivity index (χ2n) is 4.73. The molecule has 2 aliphatic heterocycles. The van der Waals surface area contributed by atoms with Crippen molar-refractivity contribution in [2.24, 2.45) is 0 Å². The lowest BCUT2D eigenvalue weighted by Gasteiger charge is -2.26. The fraction of sp³-hybridized carbons (Fsp3) is 0.600. The minimum absolute atomic E-state index is 0.103. The van der Waals surface area contributed by atoms with Gasteiger partial charge in [0.25, 0.3) is 0 Å². The van der Waals surface area contributed by atoms with Crippen molar-refractivity contribution >= 4 is 33.0 Å². The Bertz CT molecular complexity index is 593. The van der Waals surface area contributed by atoms with Crippen molar-refractivity contribution in [1.29, 1.82) is 0 Å². The van der Waals surface area contributed by atoms with Crippen molar-refractivity contribution < 1.29 is 8.42 Å². The van der Waals surface area contributed by atoms with Gasteiger partial charge in [-0.25, -0.2) is 18.4 Å². The van der Waals surface area contributed by atoms with Gasteiger partial charge in [0.2, 0.25) is 5.28 Å². The summed E-state index contributed by atoms with van der Waals surface area (Å²) < 4.78 is 23.3. The van der Waals surface area contributed by atoms with Crippen LogP contribution in [0, 0.1) is 0 Å². The minimum atomic E-state index is -2.86. The van der Waals surface area contributed by atoms with Gasteiger partial charge < -0.3 is 0 Å². The van der Waals surface area contributed by atoms with E-state index in [0.717, 1.165) is 12.0 Å². The van der Waals surface area contributed by atoms with E-state index in [1.165, 1.54) is 0 Å². The zero-order valence-electron chi connectivity index (χ0n) is 9.38. The molecule has 2 saturated heterocycles. The van der Waals surface area contributed by atoms with Crippen LogP contribution in [-0.4, -0.2) is 46.9 Å². The molecule has 3 rings (SSSR count). The molecule has 0 N–H and O–H groups in total. The van der Waals surface area contributed by atoms with Gasteiger partial charge in [0, 0.05) is 30.9 Å². The first-order valence-corrected chi connectivity index (χ1v) is 8.05. The summed E-state index contributed by atoms with van der Waals surface area (Å²) in [5.41, 5.74) is 0.783. The van der Waals surface area contributed by atoms with Crippen LogP contribution in [0.4, 0.5) is 0 Å². The van der Waals surface area contributed by atoms with E-state index < -0.39 is 9.84 Å². The number of halogens is 2. The van der Waals surface area contributed by atoms with Crippen LogP contribution in [0.1, 0.15) is 12.0 Å². The van der Waals surface area contributed by atoms with Crippen molar-refractivity contribution in [1.82, 2.24) is 14.9 Å². The number of sulfone groups is 1. The van der Waals surface area contributed by atoms with Crippen molar-refractivity contribution in [2.45, 2.75) is 24.3 Å². The van der Waals surface area contributed by atoms with Crippen LogP contribution < -0.4 is 0 Å². The number of aromatic nitrogens is 2. The molecule has 18 heavy (non-hydrogen) atoms. The van der Waals surface area contributed by atoms with Crippen molar-refractivity contribution in [2.75, 3.05) is 12.3 Å². The normalized spacial score (nSPS) is 29.9. The van der Waals surface area contributed by atoms with Crippen molar-refractivity contribution in [3.05, 3.63) is 22.2 Å². The third-order valence-corrected chi connectivity index (χ3v) is 6.29. The Morgan fingerprint density at radius 1 is 1.44 bits per heavy atom. The molecule has 8 heteroatoms. The van der Waals surface area contributed by atoms with Gasteiger partial charge in [0.1, 0.15) is 5.15 Å². The molecule has 2 fully saturated rings. The van der Waals surface area contributed by atoms with Crippen molar-refractivity contribution in [3.63, 3.8) is 0 Å². The van der Waals surface area contributed by atoms with Crippen LogP contribution >= 0.6 is 23.2 Å². The van der Waals surface area contributed by atoms with E-state index in [4.69, 9.17) is 23.2 Å². The molecule has 1 aromatic heterocycles. The van der Waals surface area contributed by atoms with Crippen molar-refractivity contribution in [3.8, 4) is 0 Å². The third-order valence-electron chi connectivity index (χ3n) is 3.58. The summed E-state index contributed by atoms with van der Waals surface area (Å²) in [4.78, 5) is 9.91. The number of fused-ring (bicyclic) bond motifs is 2. The molecule has 1 aromatic rings. The lowest BCUT2D eigenvalue weighted by atomic mass is 10.2. The van der Waals surface area contributed by atoms with Gasteiger partial charge in [0.05, 0.1) is 11.0 Å². The number of rotatable bonds is 2. The zero-order valence-corrected chi connectivity index (χ0v) is 11.7. The monoisotopic (exact) mass is 307 g/mol. The number of likely N-dealkylation sites (tertiary alicyclic amines) is 1. The topological polar surface area (TPSA) is 63.2 Å². The Hall–Kier alpha value is -0.430. The first kappa shape index (κ1) is 12.6. The number of hydrogen-bond donors (Lipinski definition) is 0. The second kappa shape index (κ2) is 4.30. The Balaban J connectivity index is 1.76. The first-order valence-electron chi connectivity index (χ1n) is 5.58. The van der Waals surface area contributed by atoms with Gasteiger partial charge in [-0.2, -0.15) is 0 Å². The smallest absolute Gasteiger partial charge is 0.223 e. The average molecular weight is 308 g/mol. The maximum atomic E-state index is 11.6. The minimum Gasteiger partial charge on any atom is -0.294 e. The highest BCUT2D eigenvalue weighted by Gasteiger charge is 2.48. The maximum absolute atomic E-state index is 11.6. The largest absolute Gasteiger partial charge is 0.294 e. The van der Waals surface area contributed by atoms with Gasteiger partial charge in [-0.1, -0.05) is 11.6 Å². The molecule has 0 radical (unpaired) electrons. The SMILES string of the molecule is O=S1(=O)CC2CC1CN2Cc1cnc(Cl)nc1Cl. The van der Waals surface area contributed by atoms with E-state index in [1.807, 2.05) is 0 Å². The highest BCUT2D eigenvalue weighted by atomic mass is 35.5. The van der Waals surface area contributed by atoms with E-state index in [9.17, 15) is 8.42 Å². The van der Waals surface area contributed by atoms with Crippen LogP contribution in [0.25, 0.3) is 0 Å². The predicted octanol–water partition coefficient (Wildman–Crippen LogP) is 1.15. The van der Waals surface area contributed by atoms with Crippen LogP contribution in [0.3, 0.4) is 0 Å². The van der Waals surface area contributed by atoms with Crippen LogP contribution in [-0.2, 0) is 16.4 Å². The summed E-state index contributed by atoms with van der Waals surface area (Å²) in [5, 5.41) is 0.240. The first-order chi connectivity index (χ1) is 8.45. The zero-order chi connectivity index (χ0) is 12.9. The number of nitrogens with zero attached hydrogens (tertiary/aromatic N) is 3. The molecule has 5 nitrogen and oxygen atoms in total. The molecule has 3 heterocycles. The molecule has 2 unspecified atom stereocenters. The maximum Gasteiger partial charge on any atom is 0.223 e. The fourth-order valence-electron chi connectivity index (χ4n) is 2.66. The molecular weight excluding hydrogens is 297 g/mol. The van der Waals surface area contributed by atoms with Crippen LogP contribution in [0.2, 0.25) is 10.4 Å². The fourth-order valence-corrected chi connectivity index (χ4v) is 5.11. The van der Waals surface area contributed by atoms with E-state index in [2.05, 4.69) is 14.9 Å². The van der Waals surface area contributed by atoms with Gasteiger partial charge in [-0.3, -0.25) is 4.90 Å². The summed E-state index contributed by atoms with van der Waals surface area (Å²) in [7, 11) is -2.86. The van der Waals surface area contributed by atoms with Gasteiger partial charge in [-0.15, -0.1) is 0 Å². The standard InChI is InChI=1S/C10H11Cl2N3O2S/c11-9-6(2-13-10(12)14-9)3-15-4-8-1-7(15)5-18(8,16)17/h2,7-8H,1,3-5H2. The second-order valence-corrected chi connectivity index (χ2v) is 7.75. The summed E-state index contributed by atoms with van der Waals surface area (Å²) in [5.74, 6) is 0.254. The third kappa shape index (κ3) is 2.11.